The lowest BCUT2D eigenvalue weighted by molar-refractivity contribution is -0.000107. The Bertz CT molecular complexity index is 1060. The maximum atomic E-state index is 9.46. The molecule has 1 heterocycles. The Morgan fingerprint density at radius 3 is 2.26 bits per heavy atom. The summed E-state index contributed by atoms with van der Waals surface area (Å²) in [4.78, 5) is 4.57. The van der Waals surface area contributed by atoms with Crippen LogP contribution in [0.25, 0.3) is 0 Å². The van der Waals surface area contributed by atoms with Gasteiger partial charge in [-0.05, 0) is 42.7 Å². The number of aromatic nitrogens is 1. The van der Waals surface area contributed by atoms with Gasteiger partial charge in [0.2, 0.25) is 5.88 Å². The fourth-order valence-corrected chi connectivity index (χ4v) is 2.87. The van der Waals surface area contributed by atoms with E-state index in [2.05, 4.69) is 16.8 Å². The molecule has 0 amide bonds. The summed E-state index contributed by atoms with van der Waals surface area (Å²) in [6.07, 6.45) is -0.219. The van der Waals surface area contributed by atoms with Gasteiger partial charge in [-0.15, -0.1) is 0 Å². The first-order valence-electron chi connectivity index (χ1n) is 11.2. The van der Waals surface area contributed by atoms with E-state index in [0.717, 1.165) is 16.7 Å². The minimum Gasteiger partial charge on any atom is -0.508 e. The second kappa shape index (κ2) is 14.6. The van der Waals surface area contributed by atoms with Crippen molar-refractivity contribution >= 4 is 0 Å². The van der Waals surface area contributed by atoms with Gasteiger partial charge in [-0.25, -0.2) is 4.98 Å². The predicted octanol–water partition coefficient (Wildman–Crippen LogP) is 5.14. The van der Waals surface area contributed by atoms with Crippen LogP contribution in [0.1, 0.15) is 36.2 Å². The molecule has 0 radical (unpaired) electrons. The minimum atomic E-state index is -0.219. The van der Waals surface area contributed by atoms with Gasteiger partial charge in [0, 0.05) is 31.4 Å². The topological polar surface area (TPSA) is 70.0 Å². The average molecular weight is 464 g/mol. The van der Waals surface area contributed by atoms with E-state index >= 15 is 0 Å². The lowest BCUT2D eigenvalue weighted by atomic mass is 10.1. The largest absolute Gasteiger partial charge is 0.508 e. The lowest BCUT2D eigenvalue weighted by Gasteiger charge is -2.16. The van der Waals surface area contributed by atoms with Crippen LogP contribution in [0.5, 0.6) is 17.4 Å². The van der Waals surface area contributed by atoms with Crippen molar-refractivity contribution < 1.29 is 24.1 Å². The van der Waals surface area contributed by atoms with Crippen molar-refractivity contribution in [1.82, 2.24) is 4.98 Å². The van der Waals surface area contributed by atoms with Gasteiger partial charge >= 0.3 is 0 Å². The van der Waals surface area contributed by atoms with E-state index in [0.29, 0.717) is 30.5 Å². The molecule has 0 spiro atoms. The Kier molecular flexibility index (Phi) is 11.5. The first kappa shape index (κ1) is 26.7. The van der Waals surface area contributed by atoms with Crippen molar-refractivity contribution in [2.45, 2.75) is 33.5 Å². The number of hydrogen-bond acceptors (Lipinski definition) is 6. The van der Waals surface area contributed by atoms with Gasteiger partial charge in [0.15, 0.2) is 0 Å². The molecule has 0 aliphatic rings. The van der Waals surface area contributed by atoms with Crippen molar-refractivity contribution in [3.63, 3.8) is 0 Å². The maximum absolute atomic E-state index is 9.46. The van der Waals surface area contributed by atoms with Crippen molar-refractivity contribution in [3.8, 4) is 29.2 Å². The molecule has 0 saturated heterocycles. The van der Waals surface area contributed by atoms with E-state index < -0.39 is 0 Å². The molecule has 2 aromatic carbocycles. The molecule has 0 fully saturated rings. The summed E-state index contributed by atoms with van der Waals surface area (Å²) < 4.78 is 22.4. The molecule has 6 heteroatoms. The minimum absolute atomic E-state index is 0.195. The predicted molar refractivity (Wildman–Crippen MR) is 133 cm³/mol. The standard InChI is InChI=1S/C26H27NO5.C2H6/c1-19-24(14-11-20-9-12-22(28)13-10-20)27-26(32-18-23(30-3)17-29-2)15-25(19)31-16-21-7-5-4-6-8-21;1-2/h4-10,12-13,15,23,28H,16-18H2,1-3H3;1-2H3. The van der Waals surface area contributed by atoms with Crippen LogP contribution in [-0.2, 0) is 16.1 Å². The van der Waals surface area contributed by atoms with Crippen LogP contribution in [0.2, 0.25) is 0 Å². The number of hydrogen-bond donors (Lipinski definition) is 1. The second-order valence-electron chi connectivity index (χ2n) is 7.13. The van der Waals surface area contributed by atoms with Gasteiger partial charge in [-0.2, -0.15) is 0 Å². The molecule has 34 heavy (non-hydrogen) atoms. The van der Waals surface area contributed by atoms with Crippen molar-refractivity contribution in [3.05, 3.63) is 83.0 Å². The molecule has 0 aliphatic heterocycles. The highest BCUT2D eigenvalue weighted by Crippen LogP contribution is 2.26. The van der Waals surface area contributed by atoms with Gasteiger partial charge in [0.1, 0.15) is 36.5 Å². The molecule has 3 rings (SSSR count). The summed E-state index contributed by atoms with van der Waals surface area (Å²) in [6, 6.07) is 18.4. The van der Waals surface area contributed by atoms with Crippen molar-refractivity contribution in [2.75, 3.05) is 27.4 Å². The Morgan fingerprint density at radius 2 is 1.62 bits per heavy atom. The second-order valence-corrected chi connectivity index (χ2v) is 7.13. The maximum Gasteiger partial charge on any atom is 0.218 e. The van der Waals surface area contributed by atoms with Crippen LogP contribution in [-0.4, -0.2) is 43.6 Å². The molecule has 1 atom stereocenters. The van der Waals surface area contributed by atoms with Gasteiger partial charge in [-0.3, -0.25) is 0 Å². The molecule has 1 N–H and O–H groups in total. The summed E-state index contributed by atoms with van der Waals surface area (Å²) in [5, 5.41) is 9.46. The number of phenolic OH excluding ortho intramolecular Hbond substituents is 1. The normalized spacial score (nSPS) is 10.9. The van der Waals surface area contributed by atoms with Crippen LogP contribution < -0.4 is 9.47 Å². The molecule has 1 unspecified atom stereocenters. The van der Waals surface area contributed by atoms with E-state index in [4.69, 9.17) is 18.9 Å². The molecule has 1 aromatic heterocycles. The zero-order valence-electron chi connectivity index (χ0n) is 20.5. The Morgan fingerprint density at radius 1 is 0.912 bits per heavy atom. The van der Waals surface area contributed by atoms with Crippen LogP contribution in [0.4, 0.5) is 0 Å². The summed E-state index contributed by atoms with van der Waals surface area (Å²) in [7, 11) is 3.22. The van der Waals surface area contributed by atoms with Crippen molar-refractivity contribution in [1.29, 1.82) is 0 Å². The quantitative estimate of drug-likeness (QED) is 0.443. The molecule has 0 saturated carbocycles. The fraction of sp³-hybridized carbons (Fsp3) is 0.321. The third kappa shape index (κ3) is 8.43. The third-order valence-corrected chi connectivity index (χ3v) is 4.73. The Balaban J connectivity index is 0.00000199. The summed E-state index contributed by atoms with van der Waals surface area (Å²) in [6.45, 7) is 7.03. The monoisotopic (exact) mass is 463 g/mol. The van der Waals surface area contributed by atoms with Gasteiger partial charge < -0.3 is 24.1 Å². The first-order chi connectivity index (χ1) is 16.6. The van der Waals surface area contributed by atoms with E-state index in [1.807, 2.05) is 51.1 Å². The SMILES string of the molecule is CC.COCC(COc1cc(OCc2ccccc2)c(C)c(C#Cc2ccc(O)cc2)n1)OC. The highest BCUT2D eigenvalue weighted by Gasteiger charge is 2.13. The first-order valence-corrected chi connectivity index (χ1v) is 11.2. The highest BCUT2D eigenvalue weighted by molar-refractivity contribution is 5.50. The van der Waals surface area contributed by atoms with Crippen LogP contribution in [0.15, 0.2) is 60.7 Å². The molecule has 3 aromatic rings. The average Bonchev–Trinajstić information content (AvgIpc) is 2.88. The molecular formula is C28H33NO5. The van der Waals surface area contributed by atoms with Gasteiger partial charge in [0.25, 0.3) is 0 Å². The molecular weight excluding hydrogens is 430 g/mol. The molecule has 0 aliphatic carbocycles. The van der Waals surface area contributed by atoms with E-state index in [1.165, 1.54) is 0 Å². The van der Waals surface area contributed by atoms with Gasteiger partial charge in [0.05, 0.1) is 6.61 Å². The number of ether oxygens (including phenoxy) is 4. The number of nitrogens with zero attached hydrogens (tertiary/aromatic N) is 1. The van der Waals surface area contributed by atoms with E-state index in [1.54, 1.807) is 44.6 Å². The number of benzene rings is 2. The Labute approximate surface area is 202 Å². The van der Waals surface area contributed by atoms with Crippen LogP contribution in [0, 0.1) is 18.8 Å². The van der Waals surface area contributed by atoms with E-state index in [-0.39, 0.29) is 18.5 Å². The molecule has 180 valence electrons. The number of methoxy groups -OCH3 is 2. The number of rotatable bonds is 9. The number of aromatic hydroxyl groups is 1. The smallest absolute Gasteiger partial charge is 0.218 e. The van der Waals surface area contributed by atoms with Crippen molar-refractivity contribution in [2.24, 2.45) is 0 Å². The highest BCUT2D eigenvalue weighted by atomic mass is 16.6. The zero-order valence-corrected chi connectivity index (χ0v) is 20.5. The summed E-state index contributed by atoms with van der Waals surface area (Å²) in [5.41, 5.74) is 3.20. The van der Waals surface area contributed by atoms with Gasteiger partial charge in [-0.1, -0.05) is 50.1 Å². The summed E-state index contributed by atoms with van der Waals surface area (Å²) >= 11 is 0. The summed E-state index contributed by atoms with van der Waals surface area (Å²) in [5.74, 6) is 7.41. The fourth-order valence-electron chi connectivity index (χ4n) is 2.87. The third-order valence-electron chi connectivity index (χ3n) is 4.73. The van der Waals surface area contributed by atoms with Crippen LogP contribution in [0.3, 0.4) is 0 Å². The zero-order chi connectivity index (χ0) is 24.8. The van der Waals surface area contributed by atoms with Crippen LogP contribution >= 0.6 is 0 Å². The van der Waals surface area contributed by atoms with E-state index in [9.17, 15) is 5.11 Å². The lowest BCUT2D eigenvalue weighted by Crippen LogP contribution is -2.25. The molecule has 0 bridgehead atoms. The number of pyridine rings is 1. The molecule has 6 nitrogen and oxygen atoms in total. The Hall–Kier alpha value is -3.53. The number of phenols is 1.